The number of thiazole rings is 1. The molecule has 10 heteroatoms. The van der Waals surface area contributed by atoms with Crippen LogP contribution in [0.2, 0.25) is 0 Å². The van der Waals surface area contributed by atoms with Gasteiger partial charge in [-0.15, -0.1) is 35.3 Å². The van der Waals surface area contributed by atoms with Gasteiger partial charge < -0.3 is 15.1 Å². The average molecular weight is 539 g/mol. The molecule has 0 saturated carbocycles. The van der Waals surface area contributed by atoms with Gasteiger partial charge in [0.05, 0.1) is 27.1 Å². The van der Waals surface area contributed by atoms with Gasteiger partial charge in [0.15, 0.2) is 5.96 Å². The Bertz CT molecular complexity index is 998. The zero-order valence-electron chi connectivity index (χ0n) is 17.1. The smallest absolute Gasteiger partial charge is 0.246 e. The molecule has 1 amide bonds. The van der Waals surface area contributed by atoms with Gasteiger partial charge in [-0.05, 0) is 18.6 Å². The average Bonchev–Trinajstić information content (AvgIpc) is 3.33. The van der Waals surface area contributed by atoms with E-state index in [2.05, 4.69) is 32.5 Å². The summed E-state index contributed by atoms with van der Waals surface area (Å²) in [6, 6.07) is 8.23. The molecule has 160 valence electrons. The number of carbonyl (C=O) groups is 1. The minimum atomic E-state index is 0. The van der Waals surface area contributed by atoms with Gasteiger partial charge in [-0.25, -0.2) is 4.98 Å². The third-order valence-electron chi connectivity index (χ3n) is 4.92. The van der Waals surface area contributed by atoms with E-state index in [-0.39, 0.29) is 29.9 Å². The van der Waals surface area contributed by atoms with E-state index < -0.39 is 0 Å². The number of piperazine rings is 1. The fourth-order valence-electron chi connectivity index (χ4n) is 3.47. The molecule has 8 nitrogen and oxygen atoms in total. The topological polar surface area (TPSA) is 78.7 Å². The number of aliphatic imine (C=N–C) groups is 1. The van der Waals surface area contributed by atoms with E-state index in [0.29, 0.717) is 13.1 Å². The van der Waals surface area contributed by atoms with Gasteiger partial charge in [0.25, 0.3) is 0 Å². The Hall–Kier alpha value is -2.21. The number of aromatic nitrogens is 3. The van der Waals surface area contributed by atoms with E-state index in [1.807, 2.05) is 30.3 Å². The summed E-state index contributed by atoms with van der Waals surface area (Å²) in [6.45, 7) is 2.46. The number of hydrogen-bond donors (Lipinski definition) is 1. The normalized spacial score (nSPS) is 14.9. The van der Waals surface area contributed by atoms with E-state index in [4.69, 9.17) is 0 Å². The third kappa shape index (κ3) is 5.09. The predicted molar refractivity (Wildman–Crippen MR) is 132 cm³/mol. The number of fused-ring (bicyclic) bond motifs is 1. The van der Waals surface area contributed by atoms with E-state index >= 15 is 0 Å². The molecule has 0 atom stereocenters. The Balaban J connectivity index is 0.00000256. The first kappa shape index (κ1) is 22.5. The molecule has 4 rings (SSSR count). The van der Waals surface area contributed by atoms with Crippen molar-refractivity contribution in [2.24, 2.45) is 12.0 Å². The minimum absolute atomic E-state index is 0. The van der Waals surface area contributed by atoms with Gasteiger partial charge in [-0.3, -0.25) is 14.5 Å². The third-order valence-corrected chi connectivity index (χ3v) is 6.02. The molecule has 30 heavy (non-hydrogen) atoms. The summed E-state index contributed by atoms with van der Waals surface area (Å²) in [5.41, 5.74) is 1.91. The molecule has 3 aromatic rings. The summed E-state index contributed by atoms with van der Waals surface area (Å²) < 4.78 is 2.94. The van der Waals surface area contributed by atoms with E-state index in [9.17, 15) is 4.79 Å². The van der Waals surface area contributed by atoms with Crippen molar-refractivity contribution < 1.29 is 4.79 Å². The van der Waals surface area contributed by atoms with Gasteiger partial charge in [0.2, 0.25) is 5.91 Å². The monoisotopic (exact) mass is 539 g/mol. The lowest BCUT2D eigenvalue weighted by molar-refractivity contribution is -0.120. The first-order chi connectivity index (χ1) is 14.1. The molecule has 3 heterocycles. The first-order valence-corrected chi connectivity index (χ1v) is 10.5. The van der Waals surface area contributed by atoms with Gasteiger partial charge in [-0.2, -0.15) is 5.10 Å². The molecule has 2 aromatic heterocycles. The molecule has 1 aliphatic heterocycles. The maximum atomic E-state index is 12.6. The van der Waals surface area contributed by atoms with Crippen LogP contribution in [0.4, 0.5) is 5.69 Å². The highest BCUT2D eigenvalue weighted by Gasteiger charge is 2.27. The SMILES string of the molecule is CN=C(NCCCc1nc2ccccc2s1)N1CCN(c2cnn(C)c2)C(=O)C1.I. The van der Waals surface area contributed by atoms with Crippen LogP contribution in [0.15, 0.2) is 41.7 Å². The second-order valence-corrected chi connectivity index (χ2v) is 8.11. The van der Waals surface area contributed by atoms with Crippen LogP contribution in [0.1, 0.15) is 11.4 Å². The maximum absolute atomic E-state index is 12.6. The number of benzene rings is 1. The fraction of sp³-hybridized carbons (Fsp3) is 0.400. The van der Waals surface area contributed by atoms with Crippen LogP contribution in [-0.2, 0) is 18.3 Å². The van der Waals surface area contributed by atoms with E-state index in [1.165, 1.54) is 4.70 Å². The van der Waals surface area contributed by atoms with Crippen molar-refractivity contribution in [3.05, 3.63) is 41.7 Å². The standard InChI is InChI=1S/C20H25N7OS.HI/c1-21-20(22-9-5-8-18-24-16-6-3-4-7-17(16)29-18)26-10-11-27(19(28)14-26)15-12-23-25(2)13-15;/h3-4,6-7,12-13H,5,8-11,14H2,1-2H3,(H,21,22);1H. The molecule has 0 radical (unpaired) electrons. The van der Waals surface area contributed by atoms with Crippen molar-refractivity contribution in [3.63, 3.8) is 0 Å². The number of halogens is 1. The maximum Gasteiger partial charge on any atom is 0.246 e. The molecule has 0 unspecified atom stereocenters. The predicted octanol–water partition coefficient (Wildman–Crippen LogP) is 2.50. The first-order valence-electron chi connectivity index (χ1n) is 9.73. The summed E-state index contributed by atoms with van der Waals surface area (Å²) in [7, 11) is 3.61. The lowest BCUT2D eigenvalue weighted by atomic mass is 10.3. The molecule has 0 aliphatic carbocycles. The zero-order chi connectivity index (χ0) is 20.2. The summed E-state index contributed by atoms with van der Waals surface area (Å²) in [6.07, 6.45) is 5.48. The van der Waals surface area contributed by atoms with Gasteiger partial charge in [-0.1, -0.05) is 12.1 Å². The Morgan fingerprint density at radius 2 is 2.13 bits per heavy atom. The Labute approximate surface area is 197 Å². The fourth-order valence-corrected chi connectivity index (χ4v) is 4.48. The number of guanidine groups is 1. The molecule has 1 N–H and O–H groups in total. The Morgan fingerprint density at radius 1 is 1.30 bits per heavy atom. The summed E-state index contributed by atoms with van der Waals surface area (Å²) in [5, 5.41) is 8.70. The van der Waals surface area contributed by atoms with Crippen molar-refractivity contribution in [1.82, 2.24) is 25.0 Å². The number of aryl methyl sites for hydroxylation is 2. The molecular formula is C20H26IN7OS. The number of hydrogen-bond acceptors (Lipinski definition) is 5. The minimum Gasteiger partial charge on any atom is -0.356 e. The molecule has 1 fully saturated rings. The summed E-state index contributed by atoms with van der Waals surface area (Å²) in [4.78, 5) is 25.4. The molecule has 1 aliphatic rings. The van der Waals surface area contributed by atoms with Crippen LogP contribution in [-0.4, -0.2) is 64.8 Å². The highest BCUT2D eigenvalue weighted by Crippen LogP contribution is 2.22. The van der Waals surface area contributed by atoms with Crippen LogP contribution >= 0.6 is 35.3 Å². The molecule has 1 aromatic carbocycles. The van der Waals surface area contributed by atoms with Gasteiger partial charge in [0.1, 0.15) is 6.54 Å². The molecule has 0 bridgehead atoms. The van der Waals surface area contributed by atoms with E-state index in [0.717, 1.165) is 48.1 Å². The van der Waals surface area contributed by atoms with Crippen LogP contribution in [0.5, 0.6) is 0 Å². The molecule has 0 spiro atoms. The van der Waals surface area contributed by atoms with Crippen LogP contribution in [0.3, 0.4) is 0 Å². The van der Waals surface area contributed by atoms with Crippen LogP contribution < -0.4 is 10.2 Å². The van der Waals surface area contributed by atoms with Crippen molar-refractivity contribution in [1.29, 1.82) is 0 Å². The lowest BCUT2D eigenvalue weighted by Gasteiger charge is -2.35. The number of nitrogens with one attached hydrogen (secondary N) is 1. The molecular weight excluding hydrogens is 513 g/mol. The zero-order valence-corrected chi connectivity index (χ0v) is 20.3. The van der Waals surface area contributed by atoms with Crippen LogP contribution in [0.25, 0.3) is 10.2 Å². The van der Waals surface area contributed by atoms with Crippen molar-refractivity contribution in [2.45, 2.75) is 12.8 Å². The summed E-state index contributed by atoms with van der Waals surface area (Å²) in [5.74, 6) is 0.829. The number of nitrogens with zero attached hydrogens (tertiary/aromatic N) is 6. The van der Waals surface area contributed by atoms with E-state index in [1.54, 1.807) is 34.2 Å². The second-order valence-electron chi connectivity index (χ2n) is 6.99. The summed E-state index contributed by atoms with van der Waals surface area (Å²) >= 11 is 1.75. The van der Waals surface area contributed by atoms with Crippen molar-refractivity contribution in [2.75, 3.05) is 38.1 Å². The van der Waals surface area contributed by atoms with Crippen molar-refractivity contribution >= 4 is 63.1 Å². The number of anilines is 1. The lowest BCUT2D eigenvalue weighted by Crippen LogP contribution is -2.55. The second kappa shape index (κ2) is 10.2. The number of amides is 1. The van der Waals surface area contributed by atoms with Gasteiger partial charge in [0, 0.05) is 46.3 Å². The number of rotatable bonds is 5. The van der Waals surface area contributed by atoms with Crippen molar-refractivity contribution in [3.8, 4) is 0 Å². The molecule has 1 saturated heterocycles. The Morgan fingerprint density at radius 3 is 2.83 bits per heavy atom. The largest absolute Gasteiger partial charge is 0.356 e. The number of para-hydroxylation sites is 1. The quantitative estimate of drug-likeness (QED) is 0.234. The highest BCUT2D eigenvalue weighted by atomic mass is 127. The highest BCUT2D eigenvalue weighted by molar-refractivity contribution is 14.0. The van der Waals surface area contributed by atoms with Crippen LogP contribution in [0, 0.1) is 0 Å². The van der Waals surface area contributed by atoms with Gasteiger partial charge >= 0.3 is 0 Å². The number of carbonyl (C=O) groups excluding carboxylic acids is 1. The Kier molecular flexibility index (Phi) is 7.64.